The molecule has 0 saturated carbocycles. The normalized spacial score (nSPS) is 15.0. The summed E-state index contributed by atoms with van der Waals surface area (Å²) in [4.78, 5) is 146. The van der Waals surface area contributed by atoms with Crippen LogP contribution in [-0.2, 0) is 58.0 Å². The lowest BCUT2D eigenvalue weighted by atomic mass is 9.85. The Bertz CT molecular complexity index is 3440. The predicted molar refractivity (Wildman–Crippen MR) is 409 cm³/mol. The maximum Gasteiger partial charge on any atom is 0.418 e. The van der Waals surface area contributed by atoms with Crippen LogP contribution in [0.3, 0.4) is 0 Å². The molecule has 3 aromatic carbocycles. The third-order valence-corrected chi connectivity index (χ3v) is 18.3. The standard InChI is InChI=1S/C47H69N3O10.C36H56N2O7/c1-13-14-15-16-17-18-19-20-21-22-23-38(59-33-25-27-36(58-31(4)51)34(29-33)45(5,6)7)41(53)48-32-24-26-37(57-30(2)3)35(28-32)49-42(54)39(40(52)46(8,9)10)50-43(55)47(11,12)60-44(50)56;1-8-9-10-11-12-13-14-15-16-17-18-19-20-21-24-44-32(41)27-23-22-26(2)28(25-27)37-31(40)29(30(39)35(3,4)5)38-33(42)36(6,7)45-34(38)43/h24-30,38-39H,13-23H2,1-12H3,(H,48,53)(H,49,54);22-23,25,29H,8-21,24H2,1-7H3,(H,37,40). The molecule has 2 heterocycles. The summed E-state index contributed by atoms with van der Waals surface area (Å²) >= 11 is 0. The van der Waals surface area contributed by atoms with Crippen molar-refractivity contribution < 1.29 is 81.2 Å². The summed E-state index contributed by atoms with van der Waals surface area (Å²) < 4.78 is 33.7. The minimum Gasteiger partial charge on any atom is -0.489 e. The van der Waals surface area contributed by atoms with Crippen LogP contribution in [0.2, 0.25) is 0 Å². The van der Waals surface area contributed by atoms with Gasteiger partial charge in [0, 0.05) is 34.7 Å². The minimum atomic E-state index is -1.85. The maximum absolute atomic E-state index is 14.1. The Balaban J connectivity index is 0.000000463. The van der Waals surface area contributed by atoms with Gasteiger partial charge in [-0.05, 0) is 127 Å². The fourth-order valence-corrected chi connectivity index (χ4v) is 12.1. The number of unbranched alkanes of at least 4 members (excludes halogenated alkanes) is 22. The molecule has 2 fully saturated rings. The van der Waals surface area contributed by atoms with E-state index in [2.05, 4.69) is 29.8 Å². The number of esters is 2. The van der Waals surface area contributed by atoms with Gasteiger partial charge in [0.2, 0.25) is 0 Å². The molecule has 3 N–H and O–H groups in total. The Morgan fingerprint density at radius 2 is 0.924 bits per heavy atom. The second kappa shape index (κ2) is 41.7. The van der Waals surface area contributed by atoms with Gasteiger partial charge >= 0.3 is 24.1 Å². The fourth-order valence-electron chi connectivity index (χ4n) is 12.1. The molecule has 22 heteroatoms. The van der Waals surface area contributed by atoms with Gasteiger partial charge in [-0.15, -0.1) is 0 Å². The minimum absolute atomic E-state index is 0.0977. The number of hydrogen-bond acceptors (Lipinski definition) is 17. The molecule has 0 spiro atoms. The third kappa shape index (κ3) is 28.6. The largest absolute Gasteiger partial charge is 0.489 e. The predicted octanol–water partition coefficient (Wildman–Crippen LogP) is 18.4. The van der Waals surface area contributed by atoms with Crippen molar-refractivity contribution in [3.05, 3.63) is 71.3 Å². The zero-order valence-electron chi connectivity index (χ0n) is 66.7. The molecule has 2 saturated heterocycles. The number of ketones is 2. The molecule has 105 heavy (non-hydrogen) atoms. The first-order chi connectivity index (χ1) is 49.2. The molecule has 7 amide bonds. The maximum atomic E-state index is 14.1. The number of amides is 7. The molecule has 0 aromatic heterocycles. The molecule has 0 radical (unpaired) electrons. The van der Waals surface area contributed by atoms with Crippen LogP contribution in [0, 0.1) is 17.8 Å². The van der Waals surface area contributed by atoms with Crippen LogP contribution in [-0.4, -0.2) is 117 Å². The fraction of sp³-hybridized carbons (Fsp3) is 0.651. The van der Waals surface area contributed by atoms with E-state index in [4.69, 9.17) is 28.4 Å². The Morgan fingerprint density at radius 3 is 1.33 bits per heavy atom. The molecule has 2 aliphatic rings. The van der Waals surface area contributed by atoms with Crippen molar-refractivity contribution in [3.8, 4) is 17.2 Å². The Labute approximate surface area is 625 Å². The number of Topliss-reactive ketones (excluding diaryl/α,β-unsaturated/α-hetero) is 2. The van der Waals surface area contributed by atoms with E-state index in [1.807, 2.05) is 20.8 Å². The summed E-state index contributed by atoms with van der Waals surface area (Å²) in [5, 5.41) is 8.30. The molecule has 3 aromatic rings. The first kappa shape index (κ1) is 89.2. The van der Waals surface area contributed by atoms with E-state index in [0.717, 1.165) is 50.5 Å². The van der Waals surface area contributed by atoms with Crippen molar-refractivity contribution in [1.29, 1.82) is 0 Å². The molecular weight excluding hydrogens is 1340 g/mol. The van der Waals surface area contributed by atoms with Crippen LogP contribution in [0.25, 0.3) is 0 Å². The molecule has 0 bridgehead atoms. The van der Waals surface area contributed by atoms with Gasteiger partial charge in [0.1, 0.15) is 17.2 Å². The van der Waals surface area contributed by atoms with Crippen molar-refractivity contribution >= 4 is 82.3 Å². The zero-order valence-corrected chi connectivity index (χ0v) is 66.7. The second-order valence-electron chi connectivity index (χ2n) is 32.3. The second-order valence-corrected chi connectivity index (χ2v) is 32.3. The first-order valence-corrected chi connectivity index (χ1v) is 38.4. The highest BCUT2D eigenvalue weighted by atomic mass is 16.6. The average molecular weight is 1460 g/mol. The van der Waals surface area contributed by atoms with Crippen LogP contribution in [0.4, 0.5) is 26.7 Å². The molecule has 3 unspecified atom stereocenters. The highest BCUT2D eigenvalue weighted by Crippen LogP contribution is 2.38. The van der Waals surface area contributed by atoms with Crippen molar-refractivity contribution in [3.63, 3.8) is 0 Å². The van der Waals surface area contributed by atoms with Crippen molar-refractivity contribution in [1.82, 2.24) is 9.80 Å². The van der Waals surface area contributed by atoms with Crippen molar-refractivity contribution in [2.24, 2.45) is 10.8 Å². The summed E-state index contributed by atoms with van der Waals surface area (Å²) in [6, 6.07) is 11.0. The van der Waals surface area contributed by atoms with Gasteiger partial charge in [0.05, 0.1) is 24.0 Å². The number of carbonyl (C=O) groups is 11. The van der Waals surface area contributed by atoms with Gasteiger partial charge in [-0.3, -0.25) is 38.4 Å². The monoisotopic (exact) mass is 1460 g/mol. The van der Waals surface area contributed by atoms with Crippen LogP contribution in [0.15, 0.2) is 54.6 Å². The van der Waals surface area contributed by atoms with Crippen LogP contribution in [0.1, 0.15) is 307 Å². The van der Waals surface area contributed by atoms with E-state index < -0.39 is 111 Å². The number of ether oxygens (including phenoxy) is 6. The number of carbonyl (C=O) groups excluding carboxylic acids is 11. The highest BCUT2D eigenvalue weighted by Gasteiger charge is 2.57. The van der Waals surface area contributed by atoms with Gasteiger partial charge in [-0.25, -0.2) is 24.2 Å². The number of aryl methyl sites for hydroxylation is 1. The quantitative estimate of drug-likeness (QED) is 0.0156. The summed E-state index contributed by atoms with van der Waals surface area (Å²) in [5.74, 6) is -5.03. The molecule has 5 rings (SSSR count). The number of cyclic esters (lactones) is 2. The van der Waals surface area contributed by atoms with E-state index >= 15 is 0 Å². The number of hydrogen-bond donors (Lipinski definition) is 3. The lowest BCUT2D eigenvalue weighted by Gasteiger charge is -2.29. The topological polar surface area (TPSA) is 286 Å². The average Bonchev–Trinajstić information content (AvgIpc) is 1.63. The molecule has 584 valence electrons. The number of imide groups is 2. The number of anilines is 3. The van der Waals surface area contributed by atoms with Gasteiger partial charge in [0.25, 0.3) is 29.5 Å². The van der Waals surface area contributed by atoms with Crippen LogP contribution in [0.5, 0.6) is 17.2 Å². The van der Waals surface area contributed by atoms with Crippen LogP contribution >= 0.6 is 0 Å². The van der Waals surface area contributed by atoms with Gasteiger partial charge in [-0.2, -0.15) is 0 Å². The van der Waals surface area contributed by atoms with Gasteiger partial charge in [-0.1, -0.05) is 223 Å². The highest BCUT2D eigenvalue weighted by molar-refractivity contribution is 6.20. The lowest BCUT2D eigenvalue weighted by molar-refractivity contribution is -0.145. The Hall–Kier alpha value is -8.17. The lowest BCUT2D eigenvalue weighted by Crippen LogP contribution is -2.55. The molecular formula is C83H125N5O17. The van der Waals surface area contributed by atoms with E-state index in [-0.39, 0.29) is 28.8 Å². The number of nitrogens with zero attached hydrogens (tertiary/aromatic N) is 2. The smallest absolute Gasteiger partial charge is 0.418 e. The number of benzene rings is 3. The zero-order chi connectivity index (χ0) is 78.6. The summed E-state index contributed by atoms with van der Waals surface area (Å²) in [7, 11) is 0. The van der Waals surface area contributed by atoms with Crippen molar-refractivity contribution in [2.75, 3.05) is 22.6 Å². The van der Waals surface area contributed by atoms with E-state index in [0.29, 0.717) is 45.6 Å². The Morgan fingerprint density at radius 1 is 0.495 bits per heavy atom. The molecule has 3 atom stereocenters. The van der Waals surface area contributed by atoms with E-state index in [9.17, 15) is 52.7 Å². The Kier molecular flexibility index (Phi) is 35.4. The van der Waals surface area contributed by atoms with Gasteiger partial charge in [0.15, 0.2) is 41.0 Å². The van der Waals surface area contributed by atoms with Crippen LogP contribution < -0.4 is 30.2 Å². The number of nitrogens with one attached hydrogen (secondary N) is 3. The molecule has 2 aliphatic heterocycles. The van der Waals surface area contributed by atoms with E-state index in [1.165, 1.54) is 156 Å². The molecule has 0 aliphatic carbocycles. The molecule has 22 nitrogen and oxygen atoms in total. The summed E-state index contributed by atoms with van der Waals surface area (Å²) in [5.41, 5.74) is -3.36. The number of rotatable bonds is 42. The third-order valence-electron chi connectivity index (χ3n) is 18.3. The SMILES string of the molecule is CCCCCCCCCCCCC(Oc1ccc(OC(C)=O)c(C(C)(C)C)c1)C(=O)Nc1ccc(OC(C)C)c(NC(=O)C(C(=O)C(C)(C)C)N2C(=O)OC(C)(C)C2=O)c1.CCCCCCCCCCCCCCCCOC(=O)c1ccc(C)c(NC(=O)C(C(=O)C(C)(C)C)N2C(=O)OC(C)(C)C2=O)c1. The van der Waals surface area contributed by atoms with Gasteiger partial charge < -0.3 is 44.4 Å². The van der Waals surface area contributed by atoms with Crippen molar-refractivity contribution in [2.45, 2.75) is 333 Å². The summed E-state index contributed by atoms with van der Waals surface area (Å²) in [6.07, 6.45) is 25.7. The van der Waals surface area contributed by atoms with E-state index in [1.54, 1.807) is 105 Å². The first-order valence-electron chi connectivity index (χ1n) is 38.4. The summed E-state index contributed by atoms with van der Waals surface area (Å²) in [6.45, 7) is 32.6.